The molecule has 2 aromatic rings. The molecule has 0 spiro atoms. The third-order valence-corrected chi connectivity index (χ3v) is 1.78. The molecule has 0 N–H and O–H groups in total. The SMILES string of the molecule is O=NOc1cccc2cnccc12. The molecule has 1 heterocycles. The highest BCUT2D eigenvalue weighted by Crippen LogP contribution is 2.24. The highest BCUT2D eigenvalue weighted by Gasteiger charge is 2.00. The maximum absolute atomic E-state index is 9.93. The van der Waals surface area contributed by atoms with Gasteiger partial charge in [0.25, 0.3) is 0 Å². The van der Waals surface area contributed by atoms with Gasteiger partial charge in [0.2, 0.25) is 0 Å². The topological polar surface area (TPSA) is 51.5 Å². The molecule has 64 valence electrons. The zero-order valence-corrected chi connectivity index (χ0v) is 6.68. The maximum atomic E-state index is 9.93. The van der Waals surface area contributed by atoms with Crippen LogP contribution in [0.3, 0.4) is 0 Å². The molecule has 0 aliphatic heterocycles. The van der Waals surface area contributed by atoms with E-state index in [9.17, 15) is 4.91 Å². The quantitative estimate of drug-likeness (QED) is 0.518. The Hall–Kier alpha value is -1.97. The number of benzene rings is 1. The number of hydrogen-bond donors (Lipinski definition) is 0. The van der Waals surface area contributed by atoms with Crippen molar-refractivity contribution >= 4 is 10.8 Å². The number of nitrogens with zero attached hydrogens (tertiary/aromatic N) is 2. The summed E-state index contributed by atoms with van der Waals surface area (Å²) >= 11 is 0. The van der Waals surface area contributed by atoms with Crippen molar-refractivity contribution in [2.75, 3.05) is 0 Å². The second-order valence-electron chi connectivity index (χ2n) is 2.52. The average Bonchev–Trinajstić information content (AvgIpc) is 2.19. The highest BCUT2D eigenvalue weighted by atomic mass is 16.7. The standard InChI is InChI=1S/C9H6N2O2/c12-11-13-9-3-1-2-7-6-10-5-4-8(7)9/h1-6H. The summed E-state index contributed by atoms with van der Waals surface area (Å²) < 4.78 is 0. The average molecular weight is 174 g/mol. The first-order valence-electron chi connectivity index (χ1n) is 3.74. The molecule has 0 saturated carbocycles. The Labute approximate surface area is 74.1 Å². The van der Waals surface area contributed by atoms with Crippen LogP contribution in [0.4, 0.5) is 0 Å². The smallest absolute Gasteiger partial charge is 0.169 e. The first-order chi connectivity index (χ1) is 6.42. The lowest BCUT2D eigenvalue weighted by Crippen LogP contribution is -1.83. The first kappa shape index (κ1) is 7.67. The molecule has 0 unspecified atom stereocenters. The molecular formula is C9H6N2O2. The zero-order chi connectivity index (χ0) is 9.10. The Bertz CT molecular complexity index is 437. The fourth-order valence-electron chi connectivity index (χ4n) is 1.21. The molecule has 0 amide bonds. The van der Waals surface area contributed by atoms with E-state index in [-0.39, 0.29) is 0 Å². The van der Waals surface area contributed by atoms with Crippen molar-refractivity contribution in [2.24, 2.45) is 5.34 Å². The van der Waals surface area contributed by atoms with Gasteiger partial charge >= 0.3 is 0 Å². The van der Waals surface area contributed by atoms with Gasteiger partial charge in [-0.25, -0.2) is 0 Å². The summed E-state index contributed by atoms with van der Waals surface area (Å²) in [5.74, 6) is 0.454. The second-order valence-corrected chi connectivity index (χ2v) is 2.52. The normalized spacial score (nSPS) is 9.85. The van der Waals surface area contributed by atoms with Crippen molar-refractivity contribution in [1.82, 2.24) is 4.98 Å². The summed E-state index contributed by atoms with van der Waals surface area (Å²) in [5.41, 5.74) is 0. The predicted molar refractivity (Wildman–Crippen MR) is 48.2 cm³/mol. The monoisotopic (exact) mass is 174 g/mol. The number of aromatic nitrogens is 1. The molecule has 4 nitrogen and oxygen atoms in total. The number of hydrogen-bond acceptors (Lipinski definition) is 4. The molecular weight excluding hydrogens is 168 g/mol. The van der Waals surface area contributed by atoms with Crippen LogP contribution in [-0.2, 0) is 0 Å². The van der Waals surface area contributed by atoms with Crippen LogP contribution < -0.4 is 4.84 Å². The first-order valence-corrected chi connectivity index (χ1v) is 3.74. The Morgan fingerprint density at radius 3 is 3.08 bits per heavy atom. The molecule has 4 heteroatoms. The summed E-state index contributed by atoms with van der Waals surface area (Å²) in [6.07, 6.45) is 3.34. The van der Waals surface area contributed by atoms with Gasteiger partial charge in [-0.05, 0) is 12.1 Å². The van der Waals surface area contributed by atoms with Crippen molar-refractivity contribution in [2.45, 2.75) is 0 Å². The Kier molecular flexibility index (Phi) is 1.88. The van der Waals surface area contributed by atoms with E-state index in [0.29, 0.717) is 5.75 Å². The molecule has 1 aromatic heterocycles. The van der Waals surface area contributed by atoms with Gasteiger partial charge < -0.3 is 4.84 Å². The van der Waals surface area contributed by atoms with E-state index in [1.807, 2.05) is 6.07 Å². The van der Waals surface area contributed by atoms with E-state index in [4.69, 9.17) is 0 Å². The predicted octanol–water partition coefficient (Wildman–Crippen LogP) is 2.29. The second kappa shape index (κ2) is 3.18. The van der Waals surface area contributed by atoms with Gasteiger partial charge in [-0.15, -0.1) is 4.91 Å². The highest BCUT2D eigenvalue weighted by molar-refractivity contribution is 5.87. The molecule has 0 atom stereocenters. The Balaban J connectivity index is 2.68. The number of pyridine rings is 1. The summed E-state index contributed by atoms with van der Waals surface area (Å²) in [4.78, 5) is 18.4. The molecule has 0 bridgehead atoms. The van der Waals surface area contributed by atoms with Gasteiger partial charge in [0.05, 0.1) is 0 Å². The lowest BCUT2D eigenvalue weighted by atomic mass is 10.2. The van der Waals surface area contributed by atoms with Gasteiger partial charge in [-0.3, -0.25) is 4.98 Å². The largest absolute Gasteiger partial charge is 0.323 e. The molecule has 1 aromatic carbocycles. The van der Waals surface area contributed by atoms with E-state index in [1.165, 1.54) is 0 Å². The fourth-order valence-corrected chi connectivity index (χ4v) is 1.21. The lowest BCUT2D eigenvalue weighted by Gasteiger charge is -1.99. The van der Waals surface area contributed by atoms with E-state index < -0.39 is 0 Å². The molecule has 0 saturated heterocycles. The number of rotatable bonds is 2. The van der Waals surface area contributed by atoms with Crippen LogP contribution in [0.2, 0.25) is 0 Å². The Morgan fingerprint density at radius 2 is 2.23 bits per heavy atom. The third-order valence-electron chi connectivity index (χ3n) is 1.78. The molecule has 13 heavy (non-hydrogen) atoms. The van der Waals surface area contributed by atoms with Gasteiger partial charge in [0.1, 0.15) is 0 Å². The van der Waals surface area contributed by atoms with E-state index >= 15 is 0 Å². The van der Waals surface area contributed by atoms with Crippen LogP contribution >= 0.6 is 0 Å². The maximum Gasteiger partial charge on any atom is 0.169 e. The van der Waals surface area contributed by atoms with Crippen molar-refractivity contribution in [3.05, 3.63) is 41.6 Å². The fraction of sp³-hybridized carbons (Fsp3) is 0. The van der Waals surface area contributed by atoms with Crippen LogP contribution in [0, 0.1) is 4.91 Å². The summed E-state index contributed by atoms with van der Waals surface area (Å²) in [7, 11) is 0. The minimum absolute atomic E-state index is 0.454. The van der Waals surface area contributed by atoms with Gasteiger partial charge in [0.15, 0.2) is 11.1 Å². The molecule has 0 aliphatic rings. The molecule has 0 radical (unpaired) electrons. The molecule has 0 aliphatic carbocycles. The zero-order valence-electron chi connectivity index (χ0n) is 6.68. The molecule has 2 rings (SSSR count). The minimum atomic E-state index is 0.454. The van der Waals surface area contributed by atoms with E-state index in [2.05, 4.69) is 15.2 Å². The van der Waals surface area contributed by atoms with Crippen molar-refractivity contribution in [3.8, 4) is 5.75 Å². The number of fused-ring (bicyclic) bond motifs is 1. The van der Waals surface area contributed by atoms with Crippen molar-refractivity contribution in [3.63, 3.8) is 0 Å². The van der Waals surface area contributed by atoms with Crippen LogP contribution in [-0.4, -0.2) is 4.98 Å². The molecule has 0 fully saturated rings. The van der Waals surface area contributed by atoms with E-state index in [0.717, 1.165) is 10.8 Å². The van der Waals surface area contributed by atoms with Crippen LogP contribution in [0.1, 0.15) is 0 Å². The van der Waals surface area contributed by atoms with Gasteiger partial charge in [-0.1, -0.05) is 12.1 Å². The minimum Gasteiger partial charge on any atom is -0.323 e. The van der Waals surface area contributed by atoms with Crippen molar-refractivity contribution < 1.29 is 4.84 Å². The van der Waals surface area contributed by atoms with Gasteiger partial charge in [0, 0.05) is 23.2 Å². The van der Waals surface area contributed by atoms with Crippen molar-refractivity contribution in [1.29, 1.82) is 0 Å². The van der Waals surface area contributed by atoms with Crippen LogP contribution in [0.5, 0.6) is 5.75 Å². The van der Waals surface area contributed by atoms with Crippen LogP contribution in [0.25, 0.3) is 10.8 Å². The Morgan fingerprint density at radius 1 is 1.31 bits per heavy atom. The summed E-state index contributed by atoms with van der Waals surface area (Å²) in [6.45, 7) is 0. The lowest BCUT2D eigenvalue weighted by molar-refractivity contribution is 0.339. The van der Waals surface area contributed by atoms with Gasteiger partial charge in [-0.2, -0.15) is 0 Å². The third kappa shape index (κ3) is 1.33. The summed E-state index contributed by atoms with van der Waals surface area (Å²) in [5, 5.41) is 4.14. The van der Waals surface area contributed by atoms with Crippen LogP contribution in [0.15, 0.2) is 42.0 Å². The van der Waals surface area contributed by atoms with E-state index in [1.54, 1.807) is 30.6 Å². The summed E-state index contributed by atoms with van der Waals surface area (Å²) in [6, 6.07) is 7.13.